The average Bonchev–Trinajstić information content (AvgIpc) is 3.07. The van der Waals surface area contributed by atoms with Crippen LogP contribution in [0.25, 0.3) is 22.0 Å². The third kappa shape index (κ3) is 2.83. The van der Waals surface area contributed by atoms with Gasteiger partial charge in [0.25, 0.3) is 5.56 Å². The van der Waals surface area contributed by atoms with Crippen molar-refractivity contribution >= 4 is 10.9 Å². The Bertz CT molecular complexity index is 1070. The Morgan fingerprint density at radius 2 is 1.89 bits per heavy atom. The molecular formula is C20H18FN3O3. The van der Waals surface area contributed by atoms with Crippen molar-refractivity contribution in [3.63, 3.8) is 0 Å². The fourth-order valence-corrected chi connectivity index (χ4v) is 3.91. The first-order valence-electron chi connectivity index (χ1n) is 9.07. The Hall–Kier alpha value is -2.64. The van der Waals surface area contributed by atoms with Crippen LogP contribution >= 0.6 is 0 Å². The monoisotopic (exact) mass is 367 g/mol. The molecule has 7 heteroatoms. The molecule has 0 amide bonds. The van der Waals surface area contributed by atoms with E-state index >= 15 is 0 Å². The summed E-state index contributed by atoms with van der Waals surface area (Å²) in [7, 11) is 0. The fraction of sp³-hybridized carbons (Fsp3) is 0.350. The molecule has 2 aromatic heterocycles. The molecule has 1 spiro atoms. The summed E-state index contributed by atoms with van der Waals surface area (Å²) in [4.78, 5) is 21.4. The van der Waals surface area contributed by atoms with E-state index in [4.69, 9.17) is 14.5 Å². The van der Waals surface area contributed by atoms with Gasteiger partial charge in [0.05, 0.1) is 24.1 Å². The van der Waals surface area contributed by atoms with E-state index in [0.29, 0.717) is 49.9 Å². The normalized spacial score (nSPS) is 18.6. The molecule has 1 fully saturated rings. The van der Waals surface area contributed by atoms with Crippen molar-refractivity contribution in [2.75, 3.05) is 13.2 Å². The predicted octanol–water partition coefficient (Wildman–Crippen LogP) is 2.68. The van der Waals surface area contributed by atoms with Gasteiger partial charge in [-0.15, -0.1) is 0 Å². The molecule has 1 aromatic carbocycles. The number of rotatable bonds is 1. The summed E-state index contributed by atoms with van der Waals surface area (Å²) in [6.45, 7) is 1.71. The Kier molecular flexibility index (Phi) is 3.80. The molecule has 6 nitrogen and oxygen atoms in total. The highest BCUT2D eigenvalue weighted by atomic mass is 19.1. The minimum atomic E-state index is -0.586. The first-order chi connectivity index (χ1) is 13.1. The van der Waals surface area contributed by atoms with Gasteiger partial charge in [0, 0.05) is 37.6 Å². The Morgan fingerprint density at radius 3 is 2.67 bits per heavy atom. The number of aryl methyl sites for hydroxylation is 1. The zero-order chi connectivity index (χ0) is 18.4. The largest absolute Gasteiger partial charge is 0.347 e. The van der Waals surface area contributed by atoms with Crippen molar-refractivity contribution in [3.8, 4) is 11.1 Å². The van der Waals surface area contributed by atoms with E-state index in [9.17, 15) is 9.18 Å². The lowest BCUT2D eigenvalue weighted by molar-refractivity contribution is -0.165. The van der Waals surface area contributed by atoms with Gasteiger partial charge in [0.2, 0.25) is 5.95 Å². The van der Waals surface area contributed by atoms with Crippen molar-refractivity contribution in [1.29, 1.82) is 0 Å². The second-order valence-electron chi connectivity index (χ2n) is 6.94. The maximum absolute atomic E-state index is 13.1. The Balaban J connectivity index is 1.58. The molecule has 0 unspecified atom stereocenters. The van der Waals surface area contributed by atoms with Crippen LogP contribution in [0.3, 0.4) is 0 Å². The summed E-state index contributed by atoms with van der Waals surface area (Å²) >= 11 is 0. The Labute approximate surface area is 154 Å². The lowest BCUT2D eigenvalue weighted by Crippen LogP contribution is -2.31. The number of fused-ring (bicyclic) bond motifs is 2. The van der Waals surface area contributed by atoms with E-state index in [1.165, 1.54) is 12.3 Å². The molecule has 138 valence electrons. The fourth-order valence-electron chi connectivity index (χ4n) is 3.91. The first kappa shape index (κ1) is 16.5. The molecule has 3 aromatic rings. The molecule has 0 atom stereocenters. The van der Waals surface area contributed by atoms with Gasteiger partial charge in [-0.25, -0.2) is 9.97 Å². The van der Waals surface area contributed by atoms with Crippen LogP contribution in [0.2, 0.25) is 0 Å². The van der Waals surface area contributed by atoms with Gasteiger partial charge in [-0.1, -0.05) is 6.07 Å². The number of ether oxygens (including phenoxy) is 2. The van der Waals surface area contributed by atoms with E-state index in [0.717, 1.165) is 17.0 Å². The SMILES string of the molecule is O=c1c2ccc(-c3ccc(F)nc3)cc2nc2n1CCC1(CC2)OCCO1. The van der Waals surface area contributed by atoms with Crippen molar-refractivity contribution in [2.45, 2.75) is 31.6 Å². The lowest BCUT2D eigenvalue weighted by atomic mass is 10.1. The Morgan fingerprint density at radius 1 is 1.07 bits per heavy atom. The molecule has 5 rings (SSSR count). The summed E-state index contributed by atoms with van der Waals surface area (Å²) in [5, 5.41) is 0.571. The van der Waals surface area contributed by atoms with Gasteiger partial charge in [-0.2, -0.15) is 4.39 Å². The second-order valence-corrected chi connectivity index (χ2v) is 6.94. The highest BCUT2D eigenvalue weighted by Gasteiger charge is 2.38. The van der Waals surface area contributed by atoms with Crippen LogP contribution in [0.15, 0.2) is 41.3 Å². The van der Waals surface area contributed by atoms with Crippen LogP contribution in [-0.4, -0.2) is 33.5 Å². The highest BCUT2D eigenvalue weighted by molar-refractivity contribution is 5.83. The van der Waals surface area contributed by atoms with E-state index in [2.05, 4.69) is 4.98 Å². The lowest BCUT2D eigenvalue weighted by Gasteiger charge is -2.24. The van der Waals surface area contributed by atoms with Crippen molar-refractivity contribution in [2.24, 2.45) is 0 Å². The molecule has 1 saturated heterocycles. The van der Waals surface area contributed by atoms with Crippen LogP contribution in [0, 0.1) is 5.95 Å². The summed E-state index contributed by atoms with van der Waals surface area (Å²) in [6, 6.07) is 8.46. The van der Waals surface area contributed by atoms with E-state index < -0.39 is 11.7 Å². The quantitative estimate of drug-likeness (QED) is 0.619. The molecule has 0 N–H and O–H groups in total. The van der Waals surface area contributed by atoms with Crippen molar-refractivity contribution in [1.82, 2.24) is 14.5 Å². The molecule has 0 bridgehead atoms. The van der Waals surface area contributed by atoms with E-state index in [1.54, 1.807) is 16.7 Å². The zero-order valence-electron chi connectivity index (χ0n) is 14.7. The first-order valence-corrected chi connectivity index (χ1v) is 9.07. The van der Waals surface area contributed by atoms with Crippen LogP contribution < -0.4 is 5.56 Å². The summed E-state index contributed by atoms with van der Waals surface area (Å²) in [6.07, 6.45) is 3.43. The molecule has 4 heterocycles. The smallest absolute Gasteiger partial charge is 0.261 e. The van der Waals surface area contributed by atoms with Crippen LogP contribution in [-0.2, 0) is 22.4 Å². The average molecular weight is 367 g/mol. The molecule has 2 aliphatic rings. The second kappa shape index (κ2) is 6.21. The minimum Gasteiger partial charge on any atom is -0.347 e. The molecule has 0 aliphatic carbocycles. The summed E-state index contributed by atoms with van der Waals surface area (Å²) in [5.74, 6) is -0.360. The molecular weight excluding hydrogens is 349 g/mol. The minimum absolute atomic E-state index is 0.0474. The maximum Gasteiger partial charge on any atom is 0.261 e. The highest BCUT2D eigenvalue weighted by Crippen LogP contribution is 2.32. The number of pyridine rings is 1. The third-order valence-electron chi connectivity index (χ3n) is 5.35. The van der Waals surface area contributed by atoms with Gasteiger partial charge in [-0.05, 0) is 29.8 Å². The van der Waals surface area contributed by atoms with Gasteiger partial charge < -0.3 is 9.47 Å². The van der Waals surface area contributed by atoms with E-state index in [1.807, 2.05) is 12.1 Å². The van der Waals surface area contributed by atoms with Crippen LogP contribution in [0.4, 0.5) is 4.39 Å². The topological polar surface area (TPSA) is 66.2 Å². The number of aromatic nitrogens is 3. The number of nitrogens with zero attached hydrogens (tertiary/aromatic N) is 3. The van der Waals surface area contributed by atoms with Crippen LogP contribution in [0.1, 0.15) is 18.7 Å². The summed E-state index contributed by atoms with van der Waals surface area (Å²) < 4.78 is 26.4. The van der Waals surface area contributed by atoms with Gasteiger partial charge in [0.1, 0.15) is 5.82 Å². The molecule has 2 aliphatic heterocycles. The van der Waals surface area contributed by atoms with E-state index in [-0.39, 0.29) is 5.56 Å². The number of hydrogen-bond acceptors (Lipinski definition) is 5. The summed E-state index contributed by atoms with van der Waals surface area (Å²) in [5.41, 5.74) is 2.22. The number of benzene rings is 1. The zero-order valence-corrected chi connectivity index (χ0v) is 14.7. The van der Waals surface area contributed by atoms with Crippen LogP contribution in [0.5, 0.6) is 0 Å². The number of halogens is 1. The third-order valence-corrected chi connectivity index (χ3v) is 5.35. The maximum atomic E-state index is 13.1. The van der Waals surface area contributed by atoms with Gasteiger partial charge in [0.15, 0.2) is 5.79 Å². The van der Waals surface area contributed by atoms with Gasteiger partial charge in [-0.3, -0.25) is 9.36 Å². The molecule has 0 radical (unpaired) electrons. The number of hydrogen-bond donors (Lipinski definition) is 0. The standard InChI is InChI=1S/C20H18FN3O3/c21-17-4-2-14(12-22-17)13-1-3-15-16(11-13)23-18-5-6-20(26-9-10-27-20)7-8-24(18)19(15)25/h1-4,11-12H,5-10H2. The van der Waals surface area contributed by atoms with Gasteiger partial charge >= 0.3 is 0 Å². The molecule has 0 saturated carbocycles. The van der Waals surface area contributed by atoms with Crippen molar-refractivity contribution < 1.29 is 13.9 Å². The van der Waals surface area contributed by atoms with Crippen molar-refractivity contribution in [3.05, 3.63) is 58.7 Å². The molecule has 27 heavy (non-hydrogen) atoms. The predicted molar refractivity (Wildman–Crippen MR) is 96.8 cm³/mol.